The predicted octanol–water partition coefficient (Wildman–Crippen LogP) is 2.60. The second kappa shape index (κ2) is 11.9. The molecule has 0 radical (unpaired) electrons. The number of aryl methyl sites for hydroxylation is 1. The second-order valence-electron chi connectivity index (χ2n) is 1.65. The van der Waals surface area contributed by atoms with Crippen molar-refractivity contribution in [1.29, 1.82) is 0 Å². The summed E-state index contributed by atoms with van der Waals surface area (Å²) in [6.45, 7) is 6.08. The lowest BCUT2D eigenvalue weighted by Gasteiger charge is -1.82. The first-order valence-electron chi connectivity index (χ1n) is 3.99. The van der Waals surface area contributed by atoms with Gasteiger partial charge in [-0.05, 0) is 14.0 Å². The van der Waals surface area contributed by atoms with Gasteiger partial charge in [-0.1, -0.05) is 49.7 Å². The lowest BCUT2D eigenvalue weighted by Crippen LogP contribution is -1.69. The first-order chi connectivity index (χ1) is 5.39. The maximum absolute atomic E-state index is 4.50. The van der Waals surface area contributed by atoms with Crippen molar-refractivity contribution in [2.24, 2.45) is 5.73 Å². The molecule has 1 nitrogen and oxygen atoms in total. The van der Waals surface area contributed by atoms with Crippen LogP contribution < -0.4 is 5.73 Å². The van der Waals surface area contributed by atoms with Crippen molar-refractivity contribution >= 4 is 0 Å². The summed E-state index contributed by atoms with van der Waals surface area (Å²) in [4.78, 5) is 0. The zero-order valence-corrected chi connectivity index (χ0v) is 7.96. The highest BCUT2D eigenvalue weighted by molar-refractivity contribution is 5.11. The third-order valence-electron chi connectivity index (χ3n) is 0.940. The number of nitrogens with two attached hydrogens (primary N) is 1. The van der Waals surface area contributed by atoms with Crippen molar-refractivity contribution in [2.45, 2.75) is 20.8 Å². The quantitative estimate of drug-likeness (QED) is 0.609. The monoisotopic (exact) mass is 153 g/mol. The third-order valence-corrected chi connectivity index (χ3v) is 0.940. The number of hydrogen-bond donors (Lipinski definition) is 1. The Morgan fingerprint density at radius 1 is 0.909 bits per heavy atom. The average molecular weight is 153 g/mol. The van der Waals surface area contributed by atoms with Gasteiger partial charge < -0.3 is 5.73 Å². The highest BCUT2D eigenvalue weighted by Crippen LogP contribution is 1.92. The van der Waals surface area contributed by atoms with Crippen molar-refractivity contribution in [1.82, 2.24) is 0 Å². The summed E-state index contributed by atoms with van der Waals surface area (Å²) in [7, 11) is 1.50. The van der Waals surface area contributed by atoms with E-state index in [-0.39, 0.29) is 0 Å². The molecule has 0 aliphatic carbocycles. The van der Waals surface area contributed by atoms with Crippen LogP contribution >= 0.6 is 0 Å². The largest absolute Gasteiger partial charge is 0.333 e. The summed E-state index contributed by atoms with van der Waals surface area (Å²) in [5, 5.41) is 0. The molecule has 0 saturated carbocycles. The van der Waals surface area contributed by atoms with Crippen LogP contribution in [0.4, 0.5) is 0 Å². The highest BCUT2D eigenvalue weighted by atomic mass is 14.4. The minimum atomic E-state index is 1.32. The average Bonchev–Trinajstić information content (AvgIpc) is 2.13. The van der Waals surface area contributed by atoms with E-state index in [1.807, 2.05) is 32.0 Å². The van der Waals surface area contributed by atoms with E-state index < -0.39 is 0 Å². The Balaban J connectivity index is 0. The van der Waals surface area contributed by atoms with E-state index in [1.165, 1.54) is 12.6 Å². The fraction of sp³-hybridized carbons (Fsp3) is 0.400. The summed E-state index contributed by atoms with van der Waals surface area (Å²) in [5.41, 5.74) is 5.82. The Morgan fingerprint density at radius 3 is 1.45 bits per heavy atom. The van der Waals surface area contributed by atoms with Crippen molar-refractivity contribution in [3.63, 3.8) is 0 Å². The molecule has 0 amide bonds. The molecule has 0 saturated heterocycles. The molecular weight excluding hydrogens is 134 g/mol. The van der Waals surface area contributed by atoms with Gasteiger partial charge in [0.05, 0.1) is 0 Å². The van der Waals surface area contributed by atoms with Gasteiger partial charge in [-0.2, -0.15) is 0 Å². The van der Waals surface area contributed by atoms with Crippen LogP contribution in [0.2, 0.25) is 0 Å². The Bertz CT molecular complexity index is 135. The fourth-order valence-corrected chi connectivity index (χ4v) is 0.534. The summed E-state index contributed by atoms with van der Waals surface area (Å²) in [5.74, 6) is 0. The van der Waals surface area contributed by atoms with Gasteiger partial charge in [0.15, 0.2) is 0 Å². The lowest BCUT2D eigenvalue weighted by molar-refractivity contribution is 1.48. The van der Waals surface area contributed by atoms with Gasteiger partial charge >= 0.3 is 0 Å². The lowest BCUT2D eigenvalue weighted by atomic mass is 10.2. The molecular formula is C10H19N. The highest BCUT2D eigenvalue weighted by Gasteiger charge is 1.72. The predicted molar refractivity (Wildman–Crippen MR) is 52.6 cm³/mol. The Kier molecular flexibility index (Phi) is 13.9. The van der Waals surface area contributed by atoms with Crippen LogP contribution in [-0.2, 0) is 0 Å². The molecule has 0 aliphatic heterocycles. The molecule has 1 rings (SSSR count). The second-order valence-corrected chi connectivity index (χ2v) is 1.65. The molecule has 0 atom stereocenters. The van der Waals surface area contributed by atoms with Crippen molar-refractivity contribution in [2.75, 3.05) is 7.05 Å². The smallest absolute Gasteiger partial charge is 0.0195 e. The van der Waals surface area contributed by atoms with Crippen LogP contribution in [-0.4, -0.2) is 7.05 Å². The summed E-state index contributed by atoms with van der Waals surface area (Å²) in [6.07, 6.45) is 0. The normalized spacial score (nSPS) is 6.64. The van der Waals surface area contributed by atoms with E-state index in [0.717, 1.165) is 0 Å². The SMILES string of the molecule is CC.CN.Cc1ccccc1. The molecule has 0 spiro atoms. The van der Waals surface area contributed by atoms with Gasteiger partial charge in [0.25, 0.3) is 0 Å². The summed E-state index contributed by atoms with van der Waals surface area (Å²) < 4.78 is 0. The van der Waals surface area contributed by atoms with Crippen molar-refractivity contribution in [3.8, 4) is 0 Å². The standard InChI is InChI=1S/C7H8.C2H6.CH5N/c1-7-5-3-2-4-6-7;2*1-2/h2-6H,1H3;1-2H3;2H2,1H3. The Morgan fingerprint density at radius 2 is 1.27 bits per heavy atom. The molecule has 0 bridgehead atoms. The van der Waals surface area contributed by atoms with Crippen molar-refractivity contribution in [3.05, 3.63) is 35.9 Å². The molecule has 2 N–H and O–H groups in total. The first-order valence-corrected chi connectivity index (χ1v) is 3.99. The first kappa shape index (κ1) is 12.8. The van der Waals surface area contributed by atoms with E-state index in [0.29, 0.717) is 0 Å². The number of benzene rings is 1. The minimum Gasteiger partial charge on any atom is -0.333 e. The van der Waals surface area contributed by atoms with Gasteiger partial charge in [-0.3, -0.25) is 0 Å². The molecule has 1 aromatic carbocycles. The van der Waals surface area contributed by atoms with Crippen LogP contribution in [0.25, 0.3) is 0 Å². The van der Waals surface area contributed by atoms with Gasteiger partial charge in [0, 0.05) is 0 Å². The van der Waals surface area contributed by atoms with E-state index in [2.05, 4.69) is 24.8 Å². The molecule has 11 heavy (non-hydrogen) atoms. The number of hydrogen-bond acceptors (Lipinski definition) is 1. The summed E-state index contributed by atoms with van der Waals surface area (Å²) in [6, 6.07) is 10.3. The van der Waals surface area contributed by atoms with Crippen LogP contribution in [0.5, 0.6) is 0 Å². The topological polar surface area (TPSA) is 26.0 Å². The van der Waals surface area contributed by atoms with E-state index >= 15 is 0 Å². The fourth-order valence-electron chi connectivity index (χ4n) is 0.534. The van der Waals surface area contributed by atoms with Crippen LogP contribution in [0.1, 0.15) is 19.4 Å². The maximum atomic E-state index is 4.50. The van der Waals surface area contributed by atoms with Gasteiger partial charge in [-0.15, -0.1) is 0 Å². The van der Waals surface area contributed by atoms with Crippen molar-refractivity contribution < 1.29 is 0 Å². The summed E-state index contributed by atoms with van der Waals surface area (Å²) >= 11 is 0. The zero-order valence-electron chi connectivity index (χ0n) is 7.96. The van der Waals surface area contributed by atoms with E-state index in [4.69, 9.17) is 0 Å². The molecule has 0 aromatic heterocycles. The molecule has 0 heterocycles. The maximum Gasteiger partial charge on any atom is -0.0195 e. The van der Waals surface area contributed by atoms with E-state index in [1.54, 1.807) is 0 Å². The van der Waals surface area contributed by atoms with Gasteiger partial charge in [-0.25, -0.2) is 0 Å². The zero-order chi connectivity index (χ0) is 9.11. The molecule has 0 aliphatic rings. The van der Waals surface area contributed by atoms with Crippen LogP contribution in [0.15, 0.2) is 30.3 Å². The molecule has 1 aromatic rings. The molecule has 1 heteroatoms. The van der Waals surface area contributed by atoms with Crippen LogP contribution in [0, 0.1) is 6.92 Å². The minimum absolute atomic E-state index is 1.32. The molecule has 0 unspecified atom stereocenters. The van der Waals surface area contributed by atoms with Gasteiger partial charge in [0.1, 0.15) is 0 Å². The molecule has 0 fully saturated rings. The Labute approximate surface area is 70.2 Å². The van der Waals surface area contributed by atoms with Crippen LogP contribution in [0.3, 0.4) is 0 Å². The van der Waals surface area contributed by atoms with Gasteiger partial charge in [0.2, 0.25) is 0 Å². The molecule has 64 valence electrons. The third kappa shape index (κ3) is 9.18. The Hall–Kier alpha value is -0.820. The number of rotatable bonds is 0. The van der Waals surface area contributed by atoms with E-state index in [9.17, 15) is 0 Å².